The summed E-state index contributed by atoms with van der Waals surface area (Å²) in [5.74, 6) is 0.305. The fourth-order valence-corrected chi connectivity index (χ4v) is 3.48. The summed E-state index contributed by atoms with van der Waals surface area (Å²) in [6, 6.07) is 0.647. The first kappa shape index (κ1) is 14.2. The maximum atomic E-state index is 11.7. The van der Waals surface area contributed by atoms with E-state index in [1.807, 2.05) is 0 Å². The second-order valence-electron chi connectivity index (χ2n) is 5.62. The summed E-state index contributed by atoms with van der Waals surface area (Å²) >= 11 is 0. The van der Waals surface area contributed by atoms with E-state index in [9.17, 15) is 8.42 Å². The number of nitrogens with one attached hydrogen (secondary N) is 1. The summed E-state index contributed by atoms with van der Waals surface area (Å²) in [5, 5.41) is 3.10. The minimum Gasteiger partial charge on any atom is -0.314 e. The number of nitrogens with zero attached hydrogens (tertiary/aromatic N) is 2. The van der Waals surface area contributed by atoms with Gasteiger partial charge in [0, 0.05) is 51.9 Å². The zero-order valence-corrected chi connectivity index (χ0v) is 12.2. The minimum absolute atomic E-state index is 0.247. The van der Waals surface area contributed by atoms with E-state index < -0.39 is 9.84 Å². The highest BCUT2D eigenvalue weighted by atomic mass is 32.2. The maximum absolute atomic E-state index is 11.7. The number of sulfone groups is 1. The van der Waals surface area contributed by atoms with Crippen molar-refractivity contribution < 1.29 is 8.42 Å². The molecule has 0 aromatic rings. The molecule has 2 fully saturated rings. The highest BCUT2D eigenvalue weighted by Crippen LogP contribution is 2.15. The average Bonchev–Trinajstić information content (AvgIpc) is 2.28. The van der Waals surface area contributed by atoms with E-state index in [1.165, 1.54) is 0 Å². The number of hydrogen-bond donors (Lipinski definition) is 1. The smallest absolute Gasteiger partial charge is 0.153 e. The van der Waals surface area contributed by atoms with Crippen LogP contribution in [0.25, 0.3) is 0 Å². The Balaban J connectivity index is 1.67. The normalized spacial score (nSPS) is 24.4. The first-order chi connectivity index (χ1) is 8.49. The molecule has 0 bridgehead atoms. The molecule has 0 radical (unpaired) electrons. The quantitative estimate of drug-likeness (QED) is 0.726. The van der Waals surface area contributed by atoms with Crippen molar-refractivity contribution in [2.75, 3.05) is 51.6 Å². The van der Waals surface area contributed by atoms with Gasteiger partial charge in [0.1, 0.15) is 0 Å². The van der Waals surface area contributed by atoms with Crippen LogP contribution in [-0.2, 0) is 9.84 Å². The van der Waals surface area contributed by atoms with Crippen LogP contribution in [0.5, 0.6) is 0 Å². The Kier molecular flexibility index (Phi) is 4.64. The molecule has 6 heteroatoms. The molecule has 106 valence electrons. The van der Waals surface area contributed by atoms with E-state index >= 15 is 0 Å². The van der Waals surface area contributed by atoms with Crippen LogP contribution >= 0.6 is 0 Å². The molecule has 0 atom stereocenters. The monoisotopic (exact) mass is 275 g/mol. The van der Waals surface area contributed by atoms with E-state index in [4.69, 9.17) is 0 Å². The van der Waals surface area contributed by atoms with Gasteiger partial charge in [0.2, 0.25) is 0 Å². The van der Waals surface area contributed by atoms with Gasteiger partial charge in [-0.05, 0) is 13.8 Å². The molecule has 5 nitrogen and oxygen atoms in total. The SMILES string of the molecule is CC(C)S(=O)(=O)CCN1CC(N2CCNCC2)C1. The van der Waals surface area contributed by atoms with Gasteiger partial charge < -0.3 is 5.32 Å². The molecule has 0 aromatic heterocycles. The van der Waals surface area contributed by atoms with Crippen molar-refractivity contribution in [2.24, 2.45) is 0 Å². The van der Waals surface area contributed by atoms with Crippen LogP contribution in [0.2, 0.25) is 0 Å². The molecule has 0 spiro atoms. The number of hydrogen-bond acceptors (Lipinski definition) is 5. The van der Waals surface area contributed by atoms with E-state index in [2.05, 4.69) is 15.1 Å². The lowest BCUT2D eigenvalue weighted by molar-refractivity contribution is 0.0314. The number of piperazine rings is 1. The average molecular weight is 275 g/mol. The molecular weight excluding hydrogens is 250 g/mol. The van der Waals surface area contributed by atoms with Crippen LogP contribution in [0.1, 0.15) is 13.8 Å². The lowest BCUT2D eigenvalue weighted by Gasteiger charge is -2.46. The zero-order valence-electron chi connectivity index (χ0n) is 11.4. The first-order valence-electron chi connectivity index (χ1n) is 6.88. The maximum Gasteiger partial charge on any atom is 0.153 e. The molecule has 2 aliphatic heterocycles. The van der Waals surface area contributed by atoms with Crippen LogP contribution in [0, 0.1) is 0 Å². The van der Waals surface area contributed by atoms with Crippen molar-refractivity contribution >= 4 is 9.84 Å². The predicted molar refractivity (Wildman–Crippen MR) is 73.6 cm³/mol. The van der Waals surface area contributed by atoms with Gasteiger partial charge in [0.25, 0.3) is 0 Å². The third-order valence-electron chi connectivity index (χ3n) is 4.02. The van der Waals surface area contributed by atoms with Gasteiger partial charge in [-0.1, -0.05) is 0 Å². The molecule has 18 heavy (non-hydrogen) atoms. The van der Waals surface area contributed by atoms with Gasteiger partial charge in [-0.2, -0.15) is 0 Å². The second-order valence-corrected chi connectivity index (χ2v) is 8.29. The van der Waals surface area contributed by atoms with Crippen LogP contribution < -0.4 is 5.32 Å². The molecule has 0 aliphatic carbocycles. The summed E-state index contributed by atoms with van der Waals surface area (Å²) in [4.78, 5) is 4.77. The van der Waals surface area contributed by atoms with Gasteiger partial charge in [-0.15, -0.1) is 0 Å². The van der Waals surface area contributed by atoms with Crippen LogP contribution in [0.4, 0.5) is 0 Å². The number of likely N-dealkylation sites (tertiary alicyclic amines) is 1. The molecule has 2 heterocycles. The number of rotatable bonds is 5. The van der Waals surface area contributed by atoms with Crippen molar-refractivity contribution in [1.82, 2.24) is 15.1 Å². The fraction of sp³-hybridized carbons (Fsp3) is 1.00. The first-order valence-corrected chi connectivity index (χ1v) is 8.59. The summed E-state index contributed by atoms with van der Waals surface area (Å²) in [5.41, 5.74) is 0. The Morgan fingerprint density at radius 1 is 1.22 bits per heavy atom. The molecule has 1 N–H and O–H groups in total. The second kappa shape index (κ2) is 5.86. The lowest BCUT2D eigenvalue weighted by Crippen LogP contribution is -2.63. The Labute approximate surface area is 110 Å². The Bertz CT molecular complexity index is 358. The van der Waals surface area contributed by atoms with E-state index in [0.717, 1.165) is 39.3 Å². The fourth-order valence-electron chi connectivity index (χ4n) is 2.50. The van der Waals surface area contributed by atoms with Gasteiger partial charge in [-0.25, -0.2) is 8.42 Å². The molecule has 2 saturated heterocycles. The third kappa shape index (κ3) is 3.44. The van der Waals surface area contributed by atoms with Crippen molar-refractivity contribution in [3.05, 3.63) is 0 Å². The Morgan fingerprint density at radius 3 is 2.39 bits per heavy atom. The summed E-state index contributed by atoms with van der Waals surface area (Å²) in [6.45, 7) is 10.7. The molecule has 0 amide bonds. The lowest BCUT2D eigenvalue weighted by atomic mass is 10.1. The minimum atomic E-state index is -2.88. The third-order valence-corrected chi connectivity index (χ3v) is 6.20. The molecule has 0 aromatic carbocycles. The summed E-state index contributed by atoms with van der Waals surface area (Å²) in [7, 11) is -2.88. The topological polar surface area (TPSA) is 52.7 Å². The Morgan fingerprint density at radius 2 is 1.83 bits per heavy atom. The highest BCUT2D eigenvalue weighted by Gasteiger charge is 2.32. The van der Waals surface area contributed by atoms with Crippen LogP contribution in [0.15, 0.2) is 0 Å². The van der Waals surface area contributed by atoms with Crippen LogP contribution in [0.3, 0.4) is 0 Å². The largest absolute Gasteiger partial charge is 0.314 e. The molecular formula is C12H25N3O2S. The van der Waals surface area contributed by atoms with Crippen molar-refractivity contribution in [2.45, 2.75) is 25.1 Å². The molecule has 0 unspecified atom stereocenters. The van der Waals surface area contributed by atoms with Gasteiger partial charge >= 0.3 is 0 Å². The van der Waals surface area contributed by atoms with Crippen molar-refractivity contribution in [3.63, 3.8) is 0 Å². The molecule has 2 rings (SSSR count). The van der Waals surface area contributed by atoms with Crippen molar-refractivity contribution in [1.29, 1.82) is 0 Å². The van der Waals surface area contributed by atoms with E-state index in [-0.39, 0.29) is 5.25 Å². The highest BCUT2D eigenvalue weighted by molar-refractivity contribution is 7.92. The Hall–Kier alpha value is -0.170. The van der Waals surface area contributed by atoms with E-state index in [0.29, 0.717) is 18.3 Å². The molecule has 0 saturated carbocycles. The standard InChI is InChI=1S/C12H25N3O2S/c1-11(2)18(16,17)8-7-14-9-12(10-14)15-5-3-13-4-6-15/h11-13H,3-10H2,1-2H3. The van der Waals surface area contributed by atoms with E-state index in [1.54, 1.807) is 13.8 Å². The van der Waals surface area contributed by atoms with Gasteiger partial charge in [-0.3, -0.25) is 9.80 Å². The predicted octanol–water partition coefficient (Wildman–Crippen LogP) is -0.601. The zero-order chi connectivity index (χ0) is 13.2. The molecule has 2 aliphatic rings. The summed E-state index contributed by atoms with van der Waals surface area (Å²) < 4.78 is 23.4. The van der Waals surface area contributed by atoms with Crippen LogP contribution in [-0.4, -0.2) is 81.1 Å². The summed E-state index contributed by atoms with van der Waals surface area (Å²) in [6.07, 6.45) is 0. The van der Waals surface area contributed by atoms with Crippen molar-refractivity contribution in [3.8, 4) is 0 Å². The van der Waals surface area contributed by atoms with Gasteiger partial charge in [0.15, 0.2) is 9.84 Å². The van der Waals surface area contributed by atoms with Gasteiger partial charge in [0.05, 0.1) is 11.0 Å².